The van der Waals surface area contributed by atoms with Crippen molar-refractivity contribution < 1.29 is 19.7 Å². The minimum Gasteiger partial charge on any atom is -0.478 e. The van der Waals surface area contributed by atoms with Crippen LogP contribution in [0.2, 0.25) is 0 Å². The first-order chi connectivity index (χ1) is 17.0. The van der Waals surface area contributed by atoms with Crippen LogP contribution in [-0.4, -0.2) is 63.8 Å². The van der Waals surface area contributed by atoms with Crippen molar-refractivity contribution in [2.24, 2.45) is 0 Å². The number of ether oxygens (including phenoxy) is 1. The highest BCUT2D eigenvalue weighted by molar-refractivity contribution is 5.87. The third-order valence-corrected chi connectivity index (χ3v) is 7.38. The minimum atomic E-state index is -0.928. The first-order valence-electron chi connectivity index (χ1n) is 12.5. The molecule has 1 fully saturated rings. The zero-order valence-electron chi connectivity index (χ0n) is 20.5. The number of carboxylic acid groups (broad SMARTS) is 1. The second-order valence-electron chi connectivity index (χ2n) is 9.74. The van der Waals surface area contributed by atoms with Crippen LogP contribution >= 0.6 is 0 Å². The number of anilines is 1. The molecule has 0 spiro atoms. The number of imidazole rings is 1. The Kier molecular flexibility index (Phi) is 6.77. The average molecular weight is 479 g/mol. The topological polar surface area (TPSA) is 91.1 Å². The Morgan fingerprint density at radius 3 is 2.69 bits per heavy atom. The standard InChI is InChI=1S/C27H34N4O4/c1-18(15-19-7-6-8-21(16-19)25(32)33)31-23-10-9-20-11-14-30(27(34)35-2)17-22(20)24(23)28-26(31)29-12-4-3-5-13-29/h6-10,16,18,27,34H,3-5,11-15,17H2,1-2H3,(H,32,33)/t18-,27?/m1/s1. The summed E-state index contributed by atoms with van der Waals surface area (Å²) in [6.45, 7) is 5.49. The van der Waals surface area contributed by atoms with Gasteiger partial charge in [-0.1, -0.05) is 18.2 Å². The molecule has 186 valence electrons. The van der Waals surface area contributed by atoms with E-state index in [0.717, 1.165) is 67.0 Å². The van der Waals surface area contributed by atoms with Gasteiger partial charge in [0.2, 0.25) is 12.4 Å². The Balaban J connectivity index is 1.57. The normalized spacial score (nSPS) is 18.4. The van der Waals surface area contributed by atoms with Gasteiger partial charge in [0.25, 0.3) is 0 Å². The van der Waals surface area contributed by atoms with E-state index >= 15 is 0 Å². The predicted octanol–water partition coefficient (Wildman–Crippen LogP) is 3.81. The lowest BCUT2D eigenvalue weighted by Crippen LogP contribution is -2.40. The largest absolute Gasteiger partial charge is 0.478 e. The number of aliphatic hydroxyl groups excluding tert-OH is 1. The van der Waals surface area contributed by atoms with Crippen molar-refractivity contribution in [3.8, 4) is 0 Å². The van der Waals surface area contributed by atoms with Crippen molar-refractivity contribution in [3.63, 3.8) is 0 Å². The summed E-state index contributed by atoms with van der Waals surface area (Å²) in [7, 11) is 1.52. The van der Waals surface area contributed by atoms with Gasteiger partial charge in [-0.3, -0.25) is 4.90 Å². The molecule has 0 bridgehead atoms. The van der Waals surface area contributed by atoms with E-state index in [4.69, 9.17) is 9.72 Å². The number of aromatic nitrogens is 2. The second kappa shape index (κ2) is 9.97. The van der Waals surface area contributed by atoms with Crippen LogP contribution in [0.4, 0.5) is 5.95 Å². The fraction of sp³-hybridized carbons (Fsp3) is 0.481. The molecule has 8 nitrogen and oxygen atoms in total. The number of hydrogen-bond acceptors (Lipinski definition) is 6. The van der Waals surface area contributed by atoms with Gasteiger partial charge >= 0.3 is 5.97 Å². The molecular weight excluding hydrogens is 444 g/mol. The number of carboxylic acids is 1. The van der Waals surface area contributed by atoms with E-state index in [9.17, 15) is 15.0 Å². The fourth-order valence-electron chi connectivity index (χ4n) is 5.56. The molecular formula is C27H34N4O4. The molecule has 3 aromatic rings. The first kappa shape index (κ1) is 23.8. The van der Waals surface area contributed by atoms with E-state index in [2.05, 4.69) is 28.5 Å². The van der Waals surface area contributed by atoms with Crippen LogP contribution < -0.4 is 4.90 Å². The molecule has 2 atom stereocenters. The van der Waals surface area contributed by atoms with Gasteiger partial charge in [-0.2, -0.15) is 0 Å². The van der Waals surface area contributed by atoms with Crippen molar-refractivity contribution in [3.05, 3.63) is 58.7 Å². The number of benzene rings is 2. The quantitative estimate of drug-likeness (QED) is 0.499. The van der Waals surface area contributed by atoms with E-state index in [1.165, 1.54) is 19.1 Å². The van der Waals surface area contributed by atoms with Gasteiger partial charge in [-0.15, -0.1) is 0 Å². The van der Waals surface area contributed by atoms with Crippen LogP contribution in [0, 0.1) is 0 Å². The third-order valence-electron chi connectivity index (χ3n) is 7.38. The SMILES string of the molecule is COC(O)N1CCc2ccc3c(nc(N4CCCCC4)n3[C@H](C)Cc3cccc(C(=O)O)c3)c2C1. The number of rotatable bonds is 7. The van der Waals surface area contributed by atoms with Crippen LogP contribution in [0.5, 0.6) is 0 Å². The molecule has 8 heteroatoms. The minimum absolute atomic E-state index is 0.0864. The van der Waals surface area contributed by atoms with Gasteiger partial charge in [0.15, 0.2) is 0 Å². The molecule has 0 amide bonds. The van der Waals surface area contributed by atoms with Crippen LogP contribution in [-0.2, 0) is 24.1 Å². The highest BCUT2D eigenvalue weighted by Gasteiger charge is 2.28. The highest BCUT2D eigenvalue weighted by Crippen LogP contribution is 2.35. The van der Waals surface area contributed by atoms with Crippen molar-refractivity contribution in [1.29, 1.82) is 0 Å². The van der Waals surface area contributed by atoms with Gasteiger partial charge in [0, 0.05) is 39.3 Å². The van der Waals surface area contributed by atoms with E-state index in [1.54, 1.807) is 12.1 Å². The Morgan fingerprint density at radius 1 is 1.14 bits per heavy atom. The van der Waals surface area contributed by atoms with Crippen LogP contribution in [0.1, 0.15) is 59.3 Å². The van der Waals surface area contributed by atoms with Gasteiger partial charge in [0.1, 0.15) is 0 Å². The molecule has 1 unspecified atom stereocenters. The Bertz CT molecular complexity index is 1220. The van der Waals surface area contributed by atoms with Crippen molar-refractivity contribution in [2.45, 2.75) is 58.0 Å². The van der Waals surface area contributed by atoms with Crippen LogP contribution in [0.3, 0.4) is 0 Å². The van der Waals surface area contributed by atoms with Gasteiger partial charge in [-0.25, -0.2) is 9.78 Å². The summed E-state index contributed by atoms with van der Waals surface area (Å²) in [5.74, 6) is 0.0791. The Hall–Kier alpha value is -2.94. The zero-order chi connectivity index (χ0) is 24.5. The van der Waals surface area contributed by atoms with Crippen LogP contribution in [0.25, 0.3) is 11.0 Å². The molecule has 1 saturated heterocycles. The first-order valence-corrected chi connectivity index (χ1v) is 12.5. The molecule has 0 radical (unpaired) electrons. The molecule has 5 rings (SSSR count). The zero-order valence-corrected chi connectivity index (χ0v) is 20.5. The summed E-state index contributed by atoms with van der Waals surface area (Å²) >= 11 is 0. The van der Waals surface area contributed by atoms with E-state index in [1.807, 2.05) is 17.0 Å². The number of nitrogens with zero attached hydrogens (tertiary/aromatic N) is 4. The number of carbonyl (C=O) groups is 1. The predicted molar refractivity (Wildman–Crippen MR) is 135 cm³/mol. The molecule has 35 heavy (non-hydrogen) atoms. The maximum atomic E-state index is 11.5. The summed E-state index contributed by atoms with van der Waals surface area (Å²) in [6.07, 6.45) is 4.18. The Morgan fingerprint density at radius 2 is 1.94 bits per heavy atom. The number of piperidine rings is 1. The molecule has 2 aromatic carbocycles. The monoisotopic (exact) mass is 478 g/mol. The summed E-state index contributed by atoms with van der Waals surface area (Å²) in [5.41, 5.74) is 5.81. The lowest BCUT2D eigenvalue weighted by Gasteiger charge is -2.31. The molecule has 3 heterocycles. The van der Waals surface area contributed by atoms with Crippen molar-refractivity contribution in [1.82, 2.24) is 14.5 Å². The van der Waals surface area contributed by atoms with Crippen molar-refractivity contribution in [2.75, 3.05) is 31.6 Å². The van der Waals surface area contributed by atoms with Gasteiger partial charge in [0.05, 0.1) is 16.6 Å². The maximum absolute atomic E-state index is 11.5. The summed E-state index contributed by atoms with van der Waals surface area (Å²) < 4.78 is 7.51. The highest BCUT2D eigenvalue weighted by atomic mass is 16.6. The second-order valence-corrected chi connectivity index (χ2v) is 9.74. The lowest BCUT2D eigenvalue weighted by atomic mass is 9.98. The van der Waals surface area contributed by atoms with Gasteiger partial charge < -0.3 is 24.4 Å². The summed E-state index contributed by atoms with van der Waals surface area (Å²) in [5, 5.41) is 19.7. The smallest absolute Gasteiger partial charge is 0.335 e. The maximum Gasteiger partial charge on any atom is 0.335 e. The molecule has 2 aliphatic rings. The molecule has 0 saturated carbocycles. The summed E-state index contributed by atoms with van der Waals surface area (Å²) in [4.78, 5) is 21.0. The average Bonchev–Trinajstić information content (AvgIpc) is 3.29. The summed E-state index contributed by atoms with van der Waals surface area (Å²) in [6, 6.07) is 11.7. The van der Waals surface area contributed by atoms with E-state index in [-0.39, 0.29) is 6.04 Å². The molecule has 2 aliphatic heterocycles. The Labute approximate surface area is 205 Å². The molecule has 0 aliphatic carbocycles. The number of fused-ring (bicyclic) bond motifs is 3. The number of aliphatic hydroxyl groups is 1. The van der Waals surface area contributed by atoms with E-state index in [0.29, 0.717) is 18.5 Å². The number of hydrogen-bond donors (Lipinski definition) is 2. The molecule has 1 aromatic heterocycles. The van der Waals surface area contributed by atoms with Gasteiger partial charge in [-0.05, 0) is 73.9 Å². The molecule has 2 N–H and O–H groups in total. The van der Waals surface area contributed by atoms with E-state index < -0.39 is 12.4 Å². The number of aromatic carboxylic acids is 1. The lowest BCUT2D eigenvalue weighted by molar-refractivity contribution is -0.181. The van der Waals surface area contributed by atoms with Crippen LogP contribution in [0.15, 0.2) is 36.4 Å². The third kappa shape index (κ3) is 4.66. The fourth-order valence-corrected chi connectivity index (χ4v) is 5.56. The van der Waals surface area contributed by atoms with Crippen molar-refractivity contribution >= 4 is 23.0 Å². The number of methoxy groups -OCH3 is 1.